The number of nitro benzene ring substituents is 1. The van der Waals surface area contributed by atoms with Crippen molar-refractivity contribution in [3.63, 3.8) is 0 Å². The maximum atomic E-state index is 10.7. The molecular weight excluding hydrogens is 206 g/mol. The van der Waals surface area contributed by atoms with Gasteiger partial charge in [-0.15, -0.1) is 6.58 Å². The maximum Gasteiger partial charge on any atom is 0.269 e. The molecule has 1 radical (unpaired) electrons. The van der Waals surface area contributed by atoms with E-state index in [1.165, 1.54) is 12.1 Å². The maximum absolute atomic E-state index is 10.7. The zero-order valence-corrected chi connectivity index (χ0v) is 9.18. The van der Waals surface area contributed by atoms with Crippen LogP contribution < -0.4 is 4.74 Å². The quantitative estimate of drug-likeness (QED) is 0.435. The molecule has 0 aliphatic carbocycles. The van der Waals surface area contributed by atoms with Crippen molar-refractivity contribution in [1.82, 2.24) is 0 Å². The number of nitrogens with zero attached hydrogens (tertiary/aromatic N) is 1. The topological polar surface area (TPSA) is 52.4 Å². The minimum Gasteiger partial charge on any atom is -0.494 e. The number of allylic oxidation sites excluding steroid dienone is 1. The molecule has 0 aliphatic rings. The van der Waals surface area contributed by atoms with Gasteiger partial charge in [0, 0.05) is 23.6 Å². The third-order valence-electron chi connectivity index (χ3n) is 2.19. The van der Waals surface area contributed by atoms with Gasteiger partial charge in [-0.25, -0.2) is 0 Å². The van der Waals surface area contributed by atoms with E-state index in [9.17, 15) is 10.1 Å². The molecular formula is C12H14NO3. The average Bonchev–Trinajstić information content (AvgIpc) is 2.28. The largest absolute Gasteiger partial charge is 0.494 e. The van der Waals surface area contributed by atoms with Gasteiger partial charge in [-0.2, -0.15) is 0 Å². The van der Waals surface area contributed by atoms with Gasteiger partial charge in [0.1, 0.15) is 5.75 Å². The number of rotatable bonds is 5. The third-order valence-corrected chi connectivity index (χ3v) is 2.19. The Morgan fingerprint density at radius 2 is 2.31 bits per heavy atom. The highest BCUT2D eigenvalue weighted by Gasteiger charge is 2.14. The standard InChI is InChI=1S/C12H14NO3/c1-4-9(3)11-8-10(13(14)15)6-7-12(11)16-5-2/h4,6-9H,1,3,5H2,2H3. The number of hydrogen-bond acceptors (Lipinski definition) is 3. The van der Waals surface area contributed by atoms with Crippen molar-refractivity contribution < 1.29 is 9.66 Å². The normalized spacial score (nSPS) is 11.9. The fourth-order valence-electron chi connectivity index (χ4n) is 1.35. The molecule has 1 aromatic rings. The molecule has 0 aliphatic heterocycles. The van der Waals surface area contributed by atoms with Gasteiger partial charge in [-0.05, 0) is 19.9 Å². The lowest BCUT2D eigenvalue weighted by Gasteiger charge is -2.12. The third kappa shape index (κ3) is 2.59. The summed E-state index contributed by atoms with van der Waals surface area (Å²) < 4.78 is 5.38. The summed E-state index contributed by atoms with van der Waals surface area (Å²) >= 11 is 0. The molecule has 1 atom stereocenters. The molecule has 4 heteroatoms. The van der Waals surface area contributed by atoms with Crippen molar-refractivity contribution >= 4 is 5.69 Å². The van der Waals surface area contributed by atoms with Crippen LogP contribution in [0.2, 0.25) is 0 Å². The summed E-state index contributed by atoms with van der Waals surface area (Å²) in [5, 5.41) is 10.7. The minimum absolute atomic E-state index is 0.0361. The molecule has 0 saturated carbocycles. The van der Waals surface area contributed by atoms with E-state index in [1.807, 2.05) is 6.92 Å². The van der Waals surface area contributed by atoms with Crippen molar-refractivity contribution in [3.05, 3.63) is 53.5 Å². The van der Waals surface area contributed by atoms with Crippen molar-refractivity contribution in [2.24, 2.45) is 0 Å². The summed E-state index contributed by atoms with van der Waals surface area (Å²) in [6, 6.07) is 4.49. The molecule has 0 spiro atoms. The lowest BCUT2D eigenvalue weighted by atomic mass is 10.00. The number of nitro groups is 1. The lowest BCUT2D eigenvalue weighted by Crippen LogP contribution is -2.00. The highest BCUT2D eigenvalue weighted by molar-refractivity contribution is 5.47. The van der Waals surface area contributed by atoms with Gasteiger partial charge >= 0.3 is 0 Å². The number of benzene rings is 1. The molecule has 0 N–H and O–H groups in total. The van der Waals surface area contributed by atoms with E-state index in [1.54, 1.807) is 12.1 Å². The van der Waals surface area contributed by atoms with Crippen LogP contribution in [0.5, 0.6) is 5.75 Å². The number of ether oxygens (including phenoxy) is 1. The average molecular weight is 220 g/mol. The first-order valence-electron chi connectivity index (χ1n) is 4.97. The molecule has 0 fully saturated rings. The van der Waals surface area contributed by atoms with E-state index in [2.05, 4.69) is 13.5 Å². The van der Waals surface area contributed by atoms with Gasteiger partial charge in [0.05, 0.1) is 11.5 Å². The summed E-state index contributed by atoms with van der Waals surface area (Å²) in [4.78, 5) is 10.2. The summed E-state index contributed by atoms with van der Waals surface area (Å²) in [5.41, 5.74) is 0.722. The Bertz CT molecular complexity index is 401. The molecule has 0 amide bonds. The predicted octanol–water partition coefficient (Wildman–Crippen LogP) is 3.10. The predicted molar refractivity (Wildman–Crippen MR) is 62.6 cm³/mol. The van der Waals surface area contributed by atoms with E-state index in [4.69, 9.17) is 4.74 Å². The Kier molecular flexibility index (Phi) is 4.05. The summed E-state index contributed by atoms with van der Waals surface area (Å²) in [5.74, 6) is 0.398. The summed E-state index contributed by atoms with van der Waals surface area (Å²) in [6.07, 6.45) is 1.63. The van der Waals surface area contributed by atoms with E-state index >= 15 is 0 Å². The molecule has 0 heterocycles. The molecule has 4 nitrogen and oxygen atoms in total. The highest BCUT2D eigenvalue weighted by atomic mass is 16.6. The first-order chi connectivity index (χ1) is 7.60. The second kappa shape index (κ2) is 5.30. The number of non-ortho nitro benzene ring substituents is 1. The van der Waals surface area contributed by atoms with E-state index in [0.717, 1.165) is 0 Å². The van der Waals surface area contributed by atoms with E-state index in [-0.39, 0.29) is 11.6 Å². The summed E-state index contributed by atoms with van der Waals surface area (Å²) in [7, 11) is 0. The Morgan fingerprint density at radius 3 is 2.81 bits per heavy atom. The minimum atomic E-state index is -0.435. The Hall–Kier alpha value is -1.84. The van der Waals surface area contributed by atoms with Crippen molar-refractivity contribution in [2.75, 3.05) is 6.61 Å². The summed E-state index contributed by atoms with van der Waals surface area (Å²) in [6.45, 7) is 9.84. The van der Waals surface area contributed by atoms with Crippen molar-refractivity contribution in [2.45, 2.75) is 12.8 Å². The van der Waals surface area contributed by atoms with Gasteiger partial charge in [-0.3, -0.25) is 10.1 Å². The SMILES string of the molecule is [CH2]C(C=C)c1cc([N+](=O)[O-])ccc1OCC. The molecule has 0 bridgehead atoms. The van der Waals surface area contributed by atoms with Crippen LogP contribution >= 0.6 is 0 Å². The first kappa shape index (κ1) is 12.2. The van der Waals surface area contributed by atoms with Crippen LogP contribution in [0.1, 0.15) is 18.4 Å². The van der Waals surface area contributed by atoms with Crippen LogP contribution in [-0.4, -0.2) is 11.5 Å². The van der Waals surface area contributed by atoms with E-state index < -0.39 is 4.92 Å². The van der Waals surface area contributed by atoms with Gasteiger partial charge in [-0.1, -0.05) is 6.08 Å². The second-order valence-corrected chi connectivity index (χ2v) is 3.25. The van der Waals surface area contributed by atoms with Gasteiger partial charge in [0.15, 0.2) is 0 Å². The van der Waals surface area contributed by atoms with Crippen LogP contribution in [0.15, 0.2) is 30.9 Å². The molecule has 1 rings (SSSR count). The number of hydrogen-bond donors (Lipinski definition) is 0. The second-order valence-electron chi connectivity index (χ2n) is 3.25. The Morgan fingerprint density at radius 1 is 1.62 bits per heavy atom. The van der Waals surface area contributed by atoms with Crippen LogP contribution in [-0.2, 0) is 0 Å². The highest BCUT2D eigenvalue weighted by Crippen LogP contribution is 2.30. The van der Waals surface area contributed by atoms with Crippen LogP contribution in [0, 0.1) is 17.0 Å². The molecule has 16 heavy (non-hydrogen) atoms. The zero-order chi connectivity index (χ0) is 12.1. The molecule has 0 saturated heterocycles. The van der Waals surface area contributed by atoms with Gasteiger partial charge < -0.3 is 4.74 Å². The van der Waals surface area contributed by atoms with Gasteiger partial charge in [0.25, 0.3) is 5.69 Å². The van der Waals surface area contributed by atoms with Crippen LogP contribution in [0.3, 0.4) is 0 Å². The zero-order valence-electron chi connectivity index (χ0n) is 9.18. The smallest absolute Gasteiger partial charge is 0.269 e. The van der Waals surface area contributed by atoms with Crippen LogP contribution in [0.25, 0.3) is 0 Å². The Balaban J connectivity index is 3.20. The van der Waals surface area contributed by atoms with E-state index in [0.29, 0.717) is 17.9 Å². The molecule has 85 valence electrons. The molecule has 1 aromatic carbocycles. The van der Waals surface area contributed by atoms with Crippen LogP contribution in [0.4, 0.5) is 5.69 Å². The fraction of sp³-hybridized carbons (Fsp3) is 0.250. The van der Waals surface area contributed by atoms with Crippen molar-refractivity contribution in [1.29, 1.82) is 0 Å². The van der Waals surface area contributed by atoms with Crippen molar-refractivity contribution in [3.8, 4) is 5.75 Å². The lowest BCUT2D eigenvalue weighted by molar-refractivity contribution is -0.384. The fourth-order valence-corrected chi connectivity index (χ4v) is 1.35. The Labute approximate surface area is 94.7 Å². The molecule has 0 aromatic heterocycles. The van der Waals surface area contributed by atoms with Gasteiger partial charge in [0.2, 0.25) is 0 Å². The monoisotopic (exact) mass is 220 g/mol. The molecule has 1 unspecified atom stereocenters. The first-order valence-corrected chi connectivity index (χ1v) is 4.97.